The van der Waals surface area contributed by atoms with E-state index in [-0.39, 0.29) is 5.97 Å². The van der Waals surface area contributed by atoms with Crippen LogP contribution in [0.4, 0.5) is 0 Å². The first-order chi connectivity index (χ1) is 10.1. The largest absolute Gasteiger partial charge is 0.466 e. The van der Waals surface area contributed by atoms with Crippen molar-refractivity contribution in [1.82, 2.24) is 10.3 Å². The van der Waals surface area contributed by atoms with Crippen LogP contribution in [0.2, 0.25) is 5.02 Å². The van der Waals surface area contributed by atoms with Gasteiger partial charge in [-0.2, -0.15) is 0 Å². The Hall–Kier alpha value is -1.65. The fourth-order valence-electron chi connectivity index (χ4n) is 2.16. The molecule has 0 amide bonds. The molecule has 1 aromatic carbocycles. The Morgan fingerprint density at radius 2 is 2.14 bits per heavy atom. The number of nitrogens with zero attached hydrogens (tertiary/aromatic N) is 1. The van der Waals surface area contributed by atoms with Crippen LogP contribution in [0.5, 0.6) is 0 Å². The first kappa shape index (κ1) is 15.7. The van der Waals surface area contributed by atoms with E-state index in [2.05, 4.69) is 10.3 Å². The van der Waals surface area contributed by atoms with Crippen molar-refractivity contribution in [3.05, 3.63) is 40.5 Å². The van der Waals surface area contributed by atoms with Crippen molar-refractivity contribution in [3.63, 3.8) is 0 Å². The number of carbonyl (C=O) groups is 1. The third-order valence-electron chi connectivity index (χ3n) is 3.25. The Morgan fingerprint density at radius 1 is 1.38 bits per heavy atom. The molecule has 0 aliphatic rings. The van der Waals surface area contributed by atoms with Crippen molar-refractivity contribution in [1.29, 1.82) is 0 Å². The van der Waals surface area contributed by atoms with Gasteiger partial charge in [0.1, 0.15) is 0 Å². The number of ether oxygens (including phenoxy) is 1. The zero-order chi connectivity index (χ0) is 15.2. The number of carbonyl (C=O) groups excluding carboxylic acids is 1. The number of aromatic nitrogens is 1. The van der Waals surface area contributed by atoms with E-state index in [1.165, 1.54) is 0 Å². The summed E-state index contributed by atoms with van der Waals surface area (Å²) in [5.74, 6) is -0.196. The van der Waals surface area contributed by atoms with Crippen LogP contribution in [-0.4, -0.2) is 24.1 Å². The molecule has 0 aliphatic carbocycles. The average Bonchev–Trinajstić information content (AvgIpc) is 2.49. The van der Waals surface area contributed by atoms with Crippen LogP contribution in [-0.2, 0) is 16.1 Å². The van der Waals surface area contributed by atoms with Crippen molar-refractivity contribution in [2.24, 2.45) is 0 Å². The lowest BCUT2D eigenvalue weighted by Gasteiger charge is -2.10. The number of hydrogen-bond donors (Lipinski definition) is 1. The standard InChI is InChI=1S/C16H19ClN2O2/c1-3-21-15(20)8-9-18-10-14-16(17)11(2)12-6-4-5-7-13(12)19-14/h4-7,18H,3,8-10H2,1-2H3. The van der Waals surface area contributed by atoms with Gasteiger partial charge in [-0.25, -0.2) is 4.98 Å². The second-order valence-electron chi connectivity index (χ2n) is 4.75. The molecule has 1 heterocycles. The number of fused-ring (bicyclic) bond motifs is 1. The molecule has 5 heteroatoms. The van der Waals surface area contributed by atoms with Crippen LogP contribution in [0.3, 0.4) is 0 Å². The van der Waals surface area contributed by atoms with Gasteiger partial charge in [0.15, 0.2) is 0 Å². The van der Waals surface area contributed by atoms with Crippen molar-refractivity contribution in [3.8, 4) is 0 Å². The smallest absolute Gasteiger partial charge is 0.307 e. The van der Waals surface area contributed by atoms with Gasteiger partial charge in [0, 0.05) is 18.5 Å². The summed E-state index contributed by atoms with van der Waals surface area (Å²) in [5, 5.41) is 4.92. The highest BCUT2D eigenvalue weighted by molar-refractivity contribution is 6.32. The number of halogens is 1. The number of aryl methyl sites for hydroxylation is 1. The van der Waals surface area contributed by atoms with Crippen LogP contribution in [0.25, 0.3) is 10.9 Å². The number of hydrogen-bond acceptors (Lipinski definition) is 4. The highest BCUT2D eigenvalue weighted by Gasteiger charge is 2.10. The van der Waals surface area contributed by atoms with Crippen LogP contribution in [0.1, 0.15) is 24.6 Å². The van der Waals surface area contributed by atoms with Gasteiger partial charge in [-0.3, -0.25) is 4.79 Å². The predicted molar refractivity (Wildman–Crippen MR) is 84.4 cm³/mol. The van der Waals surface area contributed by atoms with Gasteiger partial charge in [0.05, 0.1) is 29.3 Å². The van der Waals surface area contributed by atoms with Gasteiger partial charge < -0.3 is 10.1 Å². The molecule has 0 unspecified atom stereocenters. The summed E-state index contributed by atoms with van der Waals surface area (Å²) in [6.07, 6.45) is 0.345. The van der Waals surface area contributed by atoms with Crippen LogP contribution in [0, 0.1) is 6.92 Å². The summed E-state index contributed by atoms with van der Waals surface area (Å²) >= 11 is 6.37. The topological polar surface area (TPSA) is 51.2 Å². The fourth-order valence-corrected chi connectivity index (χ4v) is 2.38. The zero-order valence-corrected chi connectivity index (χ0v) is 13.0. The summed E-state index contributed by atoms with van der Waals surface area (Å²) in [6.45, 7) is 5.28. The molecule has 0 atom stereocenters. The first-order valence-electron chi connectivity index (χ1n) is 7.03. The van der Waals surface area contributed by atoms with Gasteiger partial charge >= 0.3 is 5.97 Å². The molecule has 0 fully saturated rings. The minimum atomic E-state index is -0.196. The molecule has 0 radical (unpaired) electrons. The van der Waals surface area contributed by atoms with E-state index in [0.29, 0.717) is 31.1 Å². The van der Waals surface area contributed by atoms with E-state index >= 15 is 0 Å². The molecule has 4 nitrogen and oxygen atoms in total. The first-order valence-corrected chi connectivity index (χ1v) is 7.41. The Morgan fingerprint density at radius 3 is 2.90 bits per heavy atom. The molecule has 1 N–H and O–H groups in total. The quantitative estimate of drug-likeness (QED) is 0.657. The molecule has 0 bridgehead atoms. The highest BCUT2D eigenvalue weighted by atomic mass is 35.5. The summed E-state index contributed by atoms with van der Waals surface area (Å²) in [7, 11) is 0. The van der Waals surface area contributed by atoms with Crippen molar-refractivity contribution < 1.29 is 9.53 Å². The maximum atomic E-state index is 11.2. The molecule has 0 saturated heterocycles. The summed E-state index contributed by atoms with van der Waals surface area (Å²) < 4.78 is 4.87. The Labute approximate surface area is 129 Å². The minimum Gasteiger partial charge on any atom is -0.466 e. The Balaban J connectivity index is 2.02. The van der Waals surface area contributed by atoms with Gasteiger partial charge in [-0.05, 0) is 25.5 Å². The predicted octanol–water partition coefficient (Wildman–Crippen LogP) is 3.24. The number of benzene rings is 1. The molecule has 112 valence electrons. The second kappa shape index (κ2) is 7.38. The second-order valence-corrected chi connectivity index (χ2v) is 5.12. The van der Waals surface area contributed by atoms with Gasteiger partial charge in [-0.1, -0.05) is 29.8 Å². The third-order valence-corrected chi connectivity index (χ3v) is 3.75. The Bertz CT molecular complexity index is 643. The SMILES string of the molecule is CCOC(=O)CCNCc1nc2ccccc2c(C)c1Cl. The van der Waals surface area contributed by atoms with E-state index < -0.39 is 0 Å². The van der Waals surface area contributed by atoms with Crippen LogP contribution >= 0.6 is 11.6 Å². The third kappa shape index (κ3) is 3.93. The maximum absolute atomic E-state index is 11.2. The zero-order valence-electron chi connectivity index (χ0n) is 12.3. The van der Waals surface area contributed by atoms with Crippen molar-refractivity contribution in [2.75, 3.05) is 13.2 Å². The number of esters is 1. The van der Waals surface area contributed by atoms with E-state index in [0.717, 1.165) is 22.2 Å². The lowest BCUT2D eigenvalue weighted by atomic mass is 10.1. The number of pyridine rings is 1. The lowest BCUT2D eigenvalue weighted by molar-refractivity contribution is -0.142. The molecular formula is C16H19ClN2O2. The summed E-state index contributed by atoms with van der Waals surface area (Å²) in [5.41, 5.74) is 2.77. The van der Waals surface area contributed by atoms with Gasteiger partial charge in [0.25, 0.3) is 0 Å². The summed E-state index contributed by atoms with van der Waals surface area (Å²) in [4.78, 5) is 15.8. The van der Waals surface area contributed by atoms with Gasteiger partial charge in [0.2, 0.25) is 0 Å². The van der Waals surface area contributed by atoms with Crippen LogP contribution in [0.15, 0.2) is 24.3 Å². The molecule has 21 heavy (non-hydrogen) atoms. The molecule has 0 aliphatic heterocycles. The number of para-hydroxylation sites is 1. The van der Waals surface area contributed by atoms with E-state index in [1.807, 2.05) is 31.2 Å². The van der Waals surface area contributed by atoms with Crippen molar-refractivity contribution >= 4 is 28.5 Å². The Kier molecular flexibility index (Phi) is 5.53. The maximum Gasteiger partial charge on any atom is 0.307 e. The van der Waals surface area contributed by atoms with E-state index in [9.17, 15) is 4.79 Å². The minimum absolute atomic E-state index is 0.196. The van der Waals surface area contributed by atoms with Crippen molar-refractivity contribution in [2.45, 2.75) is 26.8 Å². The van der Waals surface area contributed by atoms with Gasteiger partial charge in [-0.15, -0.1) is 0 Å². The molecule has 0 saturated carbocycles. The monoisotopic (exact) mass is 306 g/mol. The number of rotatable bonds is 6. The molecular weight excluding hydrogens is 288 g/mol. The van der Waals surface area contributed by atoms with E-state index in [4.69, 9.17) is 16.3 Å². The fraction of sp³-hybridized carbons (Fsp3) is 0.375. The molecule has 2 aromatic rings. The molecule has 2 rings (SSSR count). The highest BCUT2D eigenvalue weighted by Crippen LogP contribution is 2.26. The number of nitrogens with one attached hydrogen (secondary N) is 1. The molecule has 1 aromatic heterocycles. The van der Waals surface area contributed by atoms with Crippen LogP contribution < -0.4 is 5.32 Å². The molecule has 0 spiro atoms. The lowest BCUT2D eigenvalue weighted by Crippen LogP contribution is -2.20. The van der Waals surface area contributed by atoms with E-state index in [1.54, 1.807) is 6.92 Å². The average molecular weight is 307 g/mol. The summed E-state index contributed by atoms with van der Waals surface area (Å²) in [6, 6.07) is 7.92. The normalized spacial score (nSPS) is 10.8.